The van der Waals surface area contributed by atoms with Crippen molar-refractivity contribution in [3.05, 3.63) is 11.9 Å². The number of hydrogen-bond donors (Lipinski definition) is 2. The summed E-state index contributed by atoms with van der Waals surface area (Å²) in [5, 5.41) is 0. The number of nitrogen functional groups attached to an aromatic ring is 1. The van der Waals surface area contributed by atoms with Gasteiger partial charge in [0.15, 0.2) is 0 Å². The summed E-state index contributed by atoms with van der Waals surface area (Å²) in [6.07, 6.45) is 3.20. The molecule has 0 spiro atoms. The van der Waals surface area contributed by atoms with Gasteiger partial charge in [-0.3, -0.25) is 0 Å². The van der Waals surface area contributed by atoms with Gasteiger partial charge in [0.1, 0.15) is 17.5 Å². The molecule has 6 nitrogen and oxygen atoms in total. The summed E-state index contributed by atoms with van der Waals surface area (Å²) in [5.74, 6) is 8.50. The molecule has 3 N–H and O–H groups in total. The third-order valence-electron chi connectivity index (χ3n) is 3.47. The van der Waals surface area contributed by atoms with E-state index < -0.39 is 0 Å². The second-order valence-corrected chi connectivity index (χ2v) is 4.94. The Labute approximate surface area is 114 Å². The van der Waals surface area contributed by atoms with Crippen molar-refractivity contribution in [3.8, 4) is 0 Å². The lowest BCUT2D eigenvalue weighted by Crippen LogP contribution is -2.37. The van der Waals surface area contributed by atoms with Gasteiger partial charge in [-0.05, 0) is 18.8 Å². The van der Waals surface area contributed by atoms with Crippen molar-refractivity contribution in [2.75, 3.05) is 37.1 Å². The van der Waals surface area contributed by atoms with Crippen molar-refractivity contribution in [1.82, 2.24) is 9.97 Å². The van der Waals surface area contributed by atoms with E-state index in [2.05, 4.69) is 20.3 Å². The lowest BCUT2D eigenvalue weighted by molar-refractivity contribution is 0.143. The molecule has 0 amide bonds. The molecule has 106 valence electrons. The van der Waals surface area contributed by atoms with E-state index in [0.717, 1.165) is 37.8 Å². The Morgan fingerprint density at radius 3 is 3.05 bits per heavy atom. The highest BCUT2D eigenvalue weighted by Crippen LogP contribution is 2.23. The van der Waals surface area contributed by atoms with Crippen molar-refractivity contribution in [2.24, 2.45) is 11.8 Å². The molecular weight excluding hydrogens is 242 g/mol. The minimum absolute atomic E-state index is 0.577. The maximum absolute atomic E-state index is 5.47. The average Bonchev–Trinajstić information content (AvgIpc) is 2.47. The molecule has 0 saturated carbocycles. The van der Waals surface area contributed by atoms with Crippen LogP contribution in [0.5, 0.6) is 0 Å². The van der Waals surface area contributed by atoms with Crippen LogP contribution in [0.3, 0.4) is 0 Å². The number of nitrogens with two attached hydrogens (primary N) is 1. The Morgan fingerprint density at radius 1 is 1.53 bits per heavy atom. The Balaban J connectivity index is 2.15. The quantitative estimate of drug-likeness (QED) is 0.615. The molecule has 1 fully saturated rings. The first-order valence-electron chi connectivity index (χ1n) is 6.85. The van der Waals surface area contributed by atoms with Crippen molar-refractivity contribution in [2.45, 2.75) is 26.2 Å². The fourth-order valence-corrected chi connectivity index (χ4v) is 2.52. The van der Waals surface area contributed by atoms with Gasteiger partial charge in [-0.2, -0.15) is 0 Å². The van der Waals surface area contributed by atoms with Gasteiger partial charge in [0.2, 0.25) is 0 Å². The van der Waals surface area contributed by atoms with Crippen LogP contribution < -0.4 is 16.2 Å². The predicted octanol–water partition coefficient (Wildman–Crippen LogP) is 1.19. The minimum atomic E-state index is 0.577. The number of aryl methyl sites for hydroxylation is 1. The van der Waals surface area contributed by atoms with Crippen LogP contribution in [0, 0.1) is 5.92 Å². The predicted molar refractivity (Wildman–Crippen MR) is 76.0 cm³/mol. The minimum Gasteiger partial charge on any atom is -0.384 e. The Morgan fingerprint density at radius 2 is 2.37 bits per heavy atom. The molecule has 0 radical (unpaired) electrons. The Kier molecular flexibility index (Phi) is 4.93. The molecule has 2 rings (SSSR count). The standard InChI is InChI=1S/C13H23N5O/c1-3-11-15-12(17-14)7-13(16-11)18-6-4-5-10(8-18)9-19-2/h7,10H,3-6,8-9,14H2,1-2H3,(H,15,16,17). The Bertz CT molecular complexity index is 388. The summed E-state index contributed by atoms with van der Waals surface area (Å²) in [6, 6.07) is 1.91. The highest BCUT2D eigenvalue weighted by Gasteiger charge is 2.21. The fourth-order valence-electron chi connectivity index (χ4n) is 2.52. The first-order chi connectivity index (χ1) is 9.26. The lowest BCUT2D eigenvalue weighted by Gasteiger charge is -2.33. The number of nitrogens with one attached hydrogen (secondary N) is 1. The molecule has 1 aromatic rings. The summed E-state index contributed by atoms with van der Waals surface area (Å²) < 4.78 is 5.26. The summed E-state index contributed by atoms with van der Waals surface area (Å²) in [5.41, 5.74) is 2.62. The molecule has 1 aliphatic heterocycles. The van der Waals surface area contributed by atoms with E-state index in [4.69, 9.17) is 10.6 Å². The summed E-state index contributed by atoms with van der Waals surface area (Å²) in [7, 11) is 1.76. The van der Waals surface area contributed by atoms with Crippen LogP contribution in [-0.4, -0.2) is 36.8 Å². The van der Waals surface area contributed by atoms with Crippen LogP contribution in [-0.2, 0) is 11.2 Å². The third-order valence-corrected chi connectivity index (χ3v) is 3.47. The van der Waals surface area contributed by atoms with Crippen LogP contribution >= 0.6 is 0 Å². The van der Waals surface area contributed by atoms with Crippen LogP contribution in [0.25, 0.3) is 0 Å². The van der Waals surface area contributed by atoms with E-state index in [1.807, 2.05) is 13.0 Å². The van der Waals surface area contributed by atoms with E-state index in [1.165, 1.54) is 12.8 Å². The van der Waals surface area contributed by atoms with Crippen molar-refractivity contribution in [3.63, 3.8) is 0 Å². The number of hydrogen-bond acceptors (Lipinski definition) is 6. The highest BCUT2D eigenvalue weighted by molar-refractivity contribution is 5.49. The van der Waals surface area contributed by atoms with Gasteiger partial charge in [0.25, 0.3) is 0 Å². The van der Waals surface area contributed by atoms with Crippen LogP contribution in [0.2, 0.25) is 0 Å². The number of nitrogens with zero attached hydrogens (tertiary/aromatic N) is 3. The molecule has 1 aromatic heterocycles. The average molecular weight is 265 g/mol. The van der Waals surface area contributed by atoms with Crippen LogP contribution in [0.15, 0.2) is 6.07 Å². The molecule has 2 heterocycles. The van der Waals surface area contributed by atoms with E-state index in [-0.39, 0.29) is 0 Å². The van der Waals surface area contributed by atoms with E-state index in [9.17, 15) is 0 Å². The summed E-state index contributed by atoms with van der Waals surface area (Å²) in [4.78, 5) is 11.2. The van der Waals surface area contributed by atoms with E-state index in [0.29, 0.717) is 11.7 Å². The van der Waals surface area contributed by atoms with Gasteiger partial charge in [0.05, 0.1) is 6.61 Å². The maximum atomic E-state index is 5.47. The van der Waals surface area contributed by atoms with Gasteiger partial charge in [-0.1, -0.05) is 6.92 Å². The molecule has 6 heteroatoms. The molecule has 19 heavy (non-hydrogen) atoms. The van der Waals surface area contributed by atoms with Gasteiger partial charge in [0, 0.05) is 32.7 Å². The number of rotatable bonds is 5. The first-order valence-corrected chi connectivity index (χ1v) is 6.85. The zero-order valence-corrected chi connectivity index (χ0v) is 11.7. The number of piperidine rings is 1. The highest BCUT2D eigenvalue weighted by atomic mass is 16.5. The normalized spacial score (nSPS) is 19.5. The number of aromatic nitrogens is 2. The number of hydrazine groups is 1. The van der Waals surface area contributed by atoms with Gasteiger partial charge in [-0.25, -0.2) is 15.8 Å². The molecule has 1 saturated heterocycles. The molecule has 0 aliphatic carbocycles. The summed E-state index contributed by atoms with van der Waals surface area (Å²) in [6.45, 7) is 4.87. The van der Waals surface area contributed by atoms with Crippen LogP contribution in [0.1, 0.15) is 25.6 Å². The van der Waals surface area contributed by atoms with E-state index >= 15 is 0 Å². The second kappa shape index (κ2) is 6.68. The molecule has 1 aliphatic rings. The maximum Gasteiger partial charge on any atom is 0.145 e. The Hall–Kier alpha value is -1.40. The monoisotopic (exact) mass is 265 g/mol. The smallest absolute Gasteiger partial charge is 0.145 e. The summed E-state index contributed by atoms with van der Waals surface area (Å²) >= 11 is 0. The second-order valence-electron chi connectivity index (χ2n) is 4.94. The molecule has 0 bridgehead atoms. The van der Waals surface area contributed by atoms with Crippen molar-refractivity contribution in [1.29, 1.82) is 0 Å². The van der Waals surface area contributed by atoms with Gasteiger partial charge >= 0.3 is 0 Å². The molecule has 0 aromatic carbocycles. The van der Waals surface area contributed by atoms with E-state index in [1.54, 1.807) is 7.11 Å². The number of anilines is 2. The lowest BCUT2D eigenvalue weighted by atomic mass is 9.99. The molecule has 1 atom stereocenters. The fraction of sp³-hybridized carbons (Fsp3) is 0.692. The third kappa shape index (κ3) is 3.54. The first kappa shape index (κ1) is 14.0. The van der Waals surface area contributed by atoms with Crippen molar-refractivity contribution < 1.29 is 4.74 Å². The molecular formula is C13H23N5O. The zero-order valence-electron chi connectivity index (χ0n) is 11.7. The van der Waals surface area contributed by atoms with Crippen LogP contribution in [0.4, 0.5) is 11.6 Å². The zero-order chi connectivity index (χ0) is 13.7. The van der Waals surface area contributed by atoms with Gasteiger partial charge in [-0.15, -0.1) is 0 Å². The molecule has 1 unspecified atom stereocenters. The number of methoxy groups -OCH3 is 1. The van der Waals surface area contributed by atoms with Crippen molar-refractivity contribution >= 4 is 11.6 Å². The largest absolute Gasteiger partial charge is 0.384 e. The SMILES string of the molecule is CCc1nc(NN)cc(N2CCCC(COC)C2)n1. The number of ether oxygens (including phenoxy) is 1. The topological polar surface area (TPSA) is 76.3 Å². The van der Waals surface area contributed by atoms with Gasteiger partial charge < -0.3 is 15.1 Å².